The van der Waals surface area contributed by atoms with E-state index in [4.69, 9.17) is 0 Å². The minimum absolute atomic E-state index is 0.396. The highest BCUT2D eigenvalue weighted by atomic mass is 16.2. The van der Waals surface area contributed by atoms with Gasteiger partial charge in [0.1, 0.15) is 0 Å². The SMILES string of the molecule is Cc1ccc(CC2CCCN(C(=O)CC(C)C3CC3)C2)cc1. The van der Waals surface area contributed by atoms with Crippen molar-refractivity contribution in [2.75, 3.05) is 13.1 Å². The summed E-state index contributed by atoms with van der Waals surface area (Å²) in [6, 6.07) is 8.87. The van der Waals surface area contributed by atoms with Gasteiger partial charge < -0.3 is 4.90 Å². The van der Waals surface area contributed by atoms with Crippen LogP contribution in [0.1, 0.15) is 50.2 Å². The van der Waals surface area contributed by atoms with Crippen LogP contribution in [0.5, 0.6) is 0 Å². The van der Waals surface area contributed by atoms with Crippen molar-refractivity contribution in [2.45, 2.75) is 52.4 Å². The first kappa shape index (κ1) is 15.6. The van der Waals surface area contributed by atoms with Gasteiger partial charge >= 0.3 is 0 Å². The van der Waals surface area contributed by atoms with Gasteiger partial charge in [0.05, 0.1) is 0 Å². The van der Waals surface area contributed by atoms with Crippen molar-refractivity contribution in [1.29, 1.82) is 0 Å². The van der Waals surface area contributed by atoms with Crippen molar-refractivity contribution in [3.8, 4) is 0 Å². The van der Waals surface area contributed by atoms with E-state index < -0.39 is 0 Å². The minimum Gasteiger partial charge on any atom is -0.342 e. The van der Waals surface area contributed by atoms with Gasteiger partial charge in [-0.25, -0.2) is 0 Å². The van der Waals surface area contributed by atoms with Crippen LogP contribution in [0.25, 0.3) is 0 Å². The molecule has 2 heteroatoms. The van der Waals surface area contributed by atoms with E-state index >= 15 is 0 Å². The Labute approximate surface area is 134 Å². The lowest BCUT2D eigenvalue weighted by molar-refractivity contribution is -0.134. The van der Waals surface area contributed by atoms with Crippen LogP contribution in [0.2, 0.25) is 0 Å². The first-order chi connectivity index (χ1) is 10.6. The predicted molar refractivity (Wildman–Crippen MR) is 90.7 cm³/mol. The first-order valence-electron chi connectivity index (χ1n) is 8.95. The molecule has 120 valence electrons. The van der Waals surface area contributed by atoms with Gasteiger partial charge in [0.2, 0.25) is 5.91 Å². The molecule has 1 aliphatic carbocycles. The Bertz CT molecular complexity index is 503. The second kappa shape index (κ2) is 6.85. The lowest BCUT2D eigenvalue weighted by Gasteiger charge is -2.33. The van der Waals surface area contributed by atoms with Crippen molar-refractivity contribution in [3.63, 3.8) is 0 Å². The van der Waals surface area contributed by atoms with Crippen LogP contribution in [-0.4, -0.2) is 23.9 Å². The van der Waals surface area contributed by atoms with Gasteiger partial charge in [-0.15, -0.1) is 0 Å². The van der Waals surface area contributed by atoms with Crippen molar-refractivity contribution in [1.82, 2.24) is 4.90 Å². The molecule has 1 saturated heterocycles. The molecule has 0 aromatic heterocycles. The van der Waals surface area contributed by atoms with Gasteiger partial charge in [0.15, 0.2) is 0 Å². The fraction of sp³-hybridized carbons (Fsp3) is 0.650. The zero-order valence-corrected chi connectivity index (χ0v) is 14.1. The maximum atomic E-state index is 12.5. The van der Waals surface area contributed by atoms with Crippen LogP contribution in [0, 0.1) is 24.7 Å². The number of amides is 1. The highest BCUT2D eigenvalue weighted by molar-refractivity contribution is 5.76. The van der Waals surface area contributed by atoms with Crippen molar-refractivity contribution in [2.24, 2.45) is 17.8 Å². The highest BCUT2D eigenvalue weighted by Crippen LogP contribution is 2.38. The Morgan fingerprint density at radius 1 is 1.23 bits per heavy atom. The Kier molecular flexibility index (Phi) is 4.85. The molecule has 1 aliphatic heterocycles. The molecule has 22 heavy (non-hydrogen) atoms. The zero-order chi connectivity index (χ0) is 15.5. The first-order valence-corrected chi connectivity index (χ1v) is 8.95. The quantitative estimate of drug-likeness (QED) is 0.797. The Morgan fingerprint density at radius 3 is 2.64 bits per heavy atom. The Morgan fingerprint density at radius 2 is 1.95 bits per heavy atom. The fourth-order valence-electron chi connectivity index (χ4n) is 3.75. The molecule has 2 aliphatic rings. The maximum absolute atomic E-state index is 12.5. The van der Waals surface area contributed by atoms with E-state index in [1.807, 2.05) is 0 Å². The molecular weight excluding hydrogens is 270 g/mol. The number of hydrogen-bond donors (Lipinski definition) is 0. The standard InChI is InChI=1S/C20H29NO/c1-15-5-7-17(8-6-15)13-18-4-3-11-21(14-18)20(22)12-16(2)19-9-10-19/h5-8,16,18-19H,3-4,9-14H2,1-2H3. The molecule has 1 saturated carbocycles. The number of carbonyl (C=O) groups excluding carboxylic acids is 1. The highest BCUT2D eigenvalue weighted by Gasteiger charge is 2.31. The summed E-state index contributed by atoms with van der Waals surface area (Å²) in [7, 11) is 0. The predicted octanol–water partition coefficient (Wildman–Crippen LogP) is 4.21. The van der Waals surface area contributed by atoms with Crippen molar-refractivity contribution < 1.29 is 4.79 Å². The third kappa shape index (κ3) is 4.12. The number of benzene rings is 1. The second-order valence-electron chi connectivity index (χ2n) is 7.56. The molecular formula is C20H29NO. The van der Waals surface area contributed by atoms with E-state index in [-0.39, 0.29) is 0 Å². The van der Waals surface area contributed by atoms with Crippen LogP contribution in [0.4, 0.5) is 0 Å². The number of aryl methyl sites for hydroxylation is 1. The molecule has 2 fully saturated rings. The molecule has 1 aromatic carbocycles. The molecule has 2 unspecified atom stereocenters. The van der Waals surface area contributed by atoms with Gasteiger partial charge in [0.25, 0.3) is 0 Å². The molecule has 2 atom stereocenters. The number of carbonyl (C=O) groups is 1. The van der Waals surface area contributed by atoms with Crippen LogP contribution in [0.3, 0.4) is 0 Å². The third-order valence-electron chi connectivity index (χ3n) is 5.44. The molecule has 1 amide bonds. The molecule has 0 N–H and O–H groups in total. The summed E-state index contributed by atoms with van der Waals surface area (Å²) in [6.45, 7) is 6.32. The summed E-state index contributed by atoms with van der Waals surface area (Å²) in [5, 5.41) is 0. The van der Waals surface area contributed by atoms with E-state index in [0.29, 0.717) is 17.7 Å². The van der Waals surface area contributed by atoms with Gasteiger partial charge in [-0.2, -0.15) is 0 Å². The summed E-state index contributed by atoms with van der Waals surface area (Å²) in [5.41, 5.74) is 2.73. The summed E-state index contributed by atoms with van der Waals surface area (Å²) in [4.78, 5) is 14.6. The van der Waals surface area contributed by atoms with E-state index in [1.165, 1.54) is 36.8 Å². The Balaban J connectivity index is 1.52. The second-order valence-corrected chi connectivity index (χ2v) is 7.56. The van der Waals surface area contributed by atoms with Gasteiger partial charge in [-0.05, 0) is 62.3 Å². The van der Waals surface area contributed by atoms with Crippen LogP contribution < -0.4 is 0 Å². The topological polar surface area (TPSA) is 20.3 Å². The third-order valence-corrected chi connectivity index (χ3v) is 5.44. The number of rotatable bonds is 5. The number of hydrogen-bond acceptors (Lipinski definition) is 1. The lowest BCUT2D eigenvalue weighted by atomic mass is 9.90. The Hall–Kier alpha value is -1.31. The average Bonchev–Trinajstić information content (AvgIpc) is 3.35. The summed E-state index contributed by atoms with van der Waals surface area (Å²) in [6.07, 6.45) is 6.98. The number of likely N-dealkylation sites (tertiary alicyclic amines) is 1. The zero-order valence-electron chi connectivity index (χ0n) is 14.1. The monoisotopic (exact) mass is 299 g/mol. The van der Waals surface area contributed by atoms with Crippen LogP contribution in [-0.2, 0) is 11.2 Å². The van der Waals surface area contributed by atoms with E-state index in [1.54, 1.807) is 0 Å². The molecule has 0 spiro atoms. The van der Waals surface area contributed by atoms with Crippen molar-refractivity contribution in [3.05, 3.63) is 35.4 Å². The molecule has 3 rings (SSSR count). The minimum atomic E-state index is 0.396. The largest absolute Gasteiger partial charge is 0.342 e. The number of piperidine rings is 1. The smallest absolute Gasteiger partial charge is 0.222 e. The van der Waals surface area contributed by atoms with E-state index in [9.17, 15) is 4.79 Å². The van der Waals surface area contributed by atoms with Gasteiger partial charge in [-0.1, -0.05) is 36.8 Å². The van der Waals surface area contributed by atoms with Crippen LogP contribution in [0.15, 0.2) is 24.3 Å². The molecule has 0 radical (unpaired) electrons. The van der Waals surface area contributed by atoms with E-state index in [0.717, 1.165) is 31.8 Å². The van der Waals surface area contributed by atoms with Crippen LogP contribution >= 0.6 is 0 Å². The van der Waals surface area contributed by atoms with Crippen molar-refractivity contribution >= 4 is 5.91 Å². The summed E-state index contributed by atoms with van der Waals surface area (Å²) >= 11 is 0. The normalized spacial score (nSPS) is 23.4. The fourth-order valence-corrected chi connectivity index (χ4v) is 3.75. The average molecular weight is 299 g/mol. The molecule has 1 aromatic rings. The maximum Gasteiger partial charge on any atom is 0.222 e. The van der Waals surface area contributed by atoms with Gasteiger partial charge in [-0.3, -0.25) is 4.79 Å². The lowest BCUT2D eigenvalue weighted by Crippen LogP contribution is -2.41. The van der Waals surface area contributed by atoms with Gasteiger partial charge in [0, 0.05) is 19.5 Å². The summed E-state index contributed by atoms with van der Waals surface area (Å²) in [5.74, 6) is 2.45. The summed E-state index contributed by atoms with van der Waals surface area (Å²) < 4.78 is 0. The number of nitrogens with zero attached hydrogens (tertiary/aromatic N) is 1. The molecule has 2 nitrogen and oxygen atoms in total. The molecule has 0 bridgehead atoms. The molecule has 1 heterocycles. The van der Waals surface area contributed by atoms with E-state index in [2.05, 4.69) is 43.0 Å².